The van der Waals surface area contributed by atoms with Crippen LogP contribution in [-0.4, -0.2) is 39.4 Å². The number of aromatic amines is 1. The summed E-state index contributed by atoms with van der Waals surface area (Å²) in [6, 6.07) is 9.62. The smallest absolute Gasteiger partial charge is 0.326 e. The molecule has 1 aliphatic heterocycles. The van der Waals surface area contributed by atoms with Crippen molar-refractivity contribution in [2.24, 2.45) is 5.41 Å². The van der Waals surface area contributed by atoms with Crippen molar-refractivity contribution in [3.63, 3.8) is 0 Å². The molecule has 2 amide bonds. The van der Waals surface area contributed by atoms with Crippen LogP contribution in [0.15, 0.2) is 35.1 Å². The number of hydrogen-bond donors (Lipinski definition) is 2. The zero-order valence-corrected chi connectivity index (χ0v) is 19.1. The first-order valence-electron chi connectivity index (χ1n) is 10.6. The number of carbonyl (C=O) groups is 2. The minimum absolute atomic E-state index is 0.0107. The van der Waals surface area contributed by atoms with Crippen LogP contribution in [0.25, 0.3) is 11.0 Å². The van der Waals surface area contributed by atoms with Crippen molar-refractivity contribution in [1.29, 1.82) is 0 Å². The number of piperidine rings is 1. The van der Waals surface area contributed by atoms with E-state index >= 15 is 0 Å². The number of fused-ring (bicyclic) bond motifs is 1. The predicted molar refractivity (Wildman–Crippen MR) is 124 cm³/mol. The van der Waals surface area contributed by atoms with Gasteiger partial charge in [0.25, 0.3) is 5.91 Å². The molecule has 2 N–H and O–H groups in total. The minimum Gasteiger partial charge on any atom is -0.338 e. The third-order valence-electron chi connectivity index (χ3n) is 5.77. The quantitative estimate of drug-likeness (QED) is 0.641. The number of aryl methyl sites for hydroxylation is 1. The van der Waals surface area contributed by atoms with E-state index in [2.05, 4.69) is 10.3 Å². The summed E-state index contributed by atoms with van der Waals surface area (Å²) >= 11 is 1.33. The Kier molecular flexibility index (Phi) is 5.51. The molecule has 1 saturated heterocycles. The van der Waals surface area contributed by atoms with Crippen LogP contribution >= 0.6 is 11.3 Å². The Morgan fingerprint density at radius 1 is 1.16 bits per heavy atom. The Hall–Kier alpha value is -2.87. The molecule has 0 spiro atoms. The average Bonchev–Trinajstić information content (AvgIpc) is 3.25. The van der Waals surface area contributed by atoms with Gasteiger partial charge in [0.2, 0.25) is 5.91 Å². The number of hydrogen-bond acceptors (Lipinski definition) is 4. The maximum atomic E-state index is 13.1. The van der Waals surface area contributed by atoms with Gasteiger partial charge in [0, 0.05) is 24.5 Å². The van der Waals surface area contributed by atoms with E-state index in [0.29, 0.717) is 23.0 Å². The molecule has 8 heteroatoms. The molecule has 1 fully saturated rings. The third-order valence-corrected chi connectivity index (χ3v) is 6.91. The van der Waals surface area contributed by atoms with Gasteiger partial charge in [0.15, 0.2) is 0 Å². The lowest BCUT2D eigenvalue weighted by molar-refractivity contribution is -0.123. The van der Waals surface area contributed by atoms with Crippen molar-refractivity contribution < 1.29 is 9.59 Å². The molecule has 0 bridgehead atoms. The van der Waals surface area contributed by atoms with Gasteiger partial charge in [-0.25, -0.2) is 4.79 Å². The fourth-order valence-electron chi connectivity index (χ4n) is 3.96. The number of likely N-dealkylation sites (tertiary alicyclic amines) is 1. The summed E-state index contributed by atoms with van der Waals surface area (Å²) in [7, 11) is 0. The maximum Gasteiger partial charge on any atom is 0.326 e. The van der Waals surface area contributed by atoms with Crippen LogP contribution in [0.2, 0.25) is 0 Å². The fraction of sp³-hybridized carbons (Fsp3) is 0.435. The van der Waals surface area contributed by atoms with Gasteiger partial charge < -0.3 is 15.2 Å². The second-order valence-electron chi connectivity index (χ2n) is 9.17. The number of thiophene rings is 1. The Morgan fingerprint density at radius 3 is 2.52 bits per heavy atom. The summed E-state index contributed by atoms with van der Waals surface area (Å²) in [6.07, 6.45) is 1.46. The molecule has 0 saturated carbocycles. The Labute approximate surface area is 185 Å². The third kappa shape index (κ3) is 4.17. The van der Waals surface area contributed by atoms with Crippen molar-refractivity contribution in [1.82, 2.24) is 14.5 Å². The molecule has 1 aliphatic rings. The summed E-state index contributed by atoms with van der Waals surface area (Å²) in [5.41, 5.74) is 2.02. The maximum absolute atomic E-state index is 13.1. The highest BCUT2D eigenvalue weighted by molar-refractivity contribution is 7.18. The lowest BCUT2D eigenvalue weighted by Crippen LogP contribution is -2.40. The van der Waals surface area contributed by atoms with Gasteiger partial charge in [-0.05, 0) is 43.5 Å². The molecule has 0 radical (unpaired) electrons. The van der Waals surface area contributed by atoms with E-state index in [1.807, 2.05) is 67.5 Å². The van der Waals surface area contributed by atoms with E-state index < -0.39 is 5.41 Å². The zero-order valence-electron chi connectivity index (χ0n) is 18.3. The van der Waals surface area contributed by atoms with Crippen LogP contribution in [0.5, 0.6) is 0 Å². The number of rotatable bonds is 3. The monoisotopic (exact) mass is 440 g/mol. The number of aromatic nitrogens is 2. The van der Waals surface area contributed by atoms with E-state index in [-0.39, 0.29) is 23.5 Å². The normalized spacial score (nSPS) is 15.4. The number of imidazole rings is 1. The molecular weight excluding hydrogens is 412 g/mol. The SMILES string of the molecule is Cc1cc(NC(=O)C(C)(C)C)sc1C(=O)N1CCC(n2c(=O)[nH]c3ccccc32)CC1. The van der Waals surface area contributed by atoms with E-state index in [1.165, 1.54) is 11.3 Å². The summed E-state index contributed by atoms with van der Waals surface area (Å²) in [4.78, 5) is 43.3. The van der Waals surface area contributed by atoms with Crippen LogP contribution in [0, 0.1) is 12.3 Å². The van der Waals surface area contributed by atoms with E-state index in [9.17, 15) is 14.4 Å². The number of nitrogens with zero attached hydrogens (tertiary/aromatic N) is 2. The zero-order chi connectivity index (χ0) is 22.3. The van der Waals surface area contributed by atoms with Gasteiger partial charge in [0.1, 0.15) is 0 Å². The molecule has 0 atom stereocenters. The number of benzene rings is 1. The highest BCUT2D eigenvalue weighted by Crippen LogP contribution is 2.31. The average molecular weight is 441 g/mol. The molecule has 7 nitrogen and oxygen atoms in total. The molecule has 164 valence electrons. The molecule has 3 aromatic rings. The Balaban J connectivity index is 1.46. The summed E-state index contributed by atoms with van der Waals surface area (Å²) in [5.74, 6) is -0.0822. The van der Waals surface area contributed by atoms with Crippen LogP contribution in [0.1, 0.15) is 54.9 Å². The first-order valence-corrected chi connectivity index (χ1v) is 11.4. The van der Waals surface area contributed by atoms with Crippen molar-refractivity contribution in [2.45, 2.75) is 46.6 Å². The minimum atomic E-state index is -0.496. The van der Waals surface area contributed by atoms with Gasteiger partial charge in [-0.2, -0.15) is 0 Å². The first-order chi connectivity index (χ1) is 14.6. The predicted octanol–water partition coefficient (Wildman–Crippen LogP) is 4.16. The topological polar surface area (TPSA) is 87.2 Å². The first kappa shape index (κ1) is 21.4. The van der Waals surface area contributed by atoms with Crippen LogP contribution in [0.4, 0.5) is 5.00 Å². The van der Waals surface area contributed by atoms with Gasteiger partial charge in [-0.1, -0.05) is 32.9 Å². The van der Waals surface area contributed by atoms with E-state index in [0.717, 1.165) is 29.4 Å². The second kappa shape index (κ2) is 8.00. The largest absolute Gasteiger partial charge is 0.338 e. The highest BCUT2D eigenvalue weighted by Gasteiger charge is 2.29. The van der Waals surface area contributed by atoms with Crippen molar-refractivity contribution in [3.8, 4) is 0 Å². The van der Waals surface area contributed by atoms with Gasteiger partial charge in [0.05, 0.1) is 20.9 Å². The van der Waals surface area contributed by atoms with Gasteiger partial charge in [-0.3, -0.25) is 14.2 Å². The van der Waals surface area contributed by atoms with Crippen molar-refractivity contribution in [2.75, 3.05) is 18.4 Å². The second-order valence-corrected chi connectivity index (χ2v) is 10.2. The Bertz CT molecular complexity index is 1190. The fourth-order valence-corrected chi connectivity index (χ4v) is 5.00. The standard InChI is InChI=1S/C23H28N4O3S/c1-14-13-18(25-21(29)23(2,3)4)31-19(14)20(28)26-11-9-15(10-12-26)27-17-8-6-5-7-16(17)24-22(27)30/h5-8,13,15H,9-12H2,1-4H3,(H,24,30)(H,25,29). The van der Waals surface area contributed by atoms with Crippen LogP contribution in [0.3, 0.4) is 0 Å². The van der Waals surface area contributed by atoms with Crippen molar-refractivity contribution in [3.05, 3.63) is 51.3 Å². The lowest BCUT2D eigenvalue weighted by atomic mass is 9.96. The lowest BCUT2D eigenvalue weighted by Gasteiger charge is -2.32. The number of carbonyl (C=O) groups excluding carboxylic acids is 2. The molecule has 1 aromatic carbocycles. The summed E-state index contributed by atoms with van der Waals surface area (Å²) < 4.78 is 1.83. The number of amides is 2. The Morgan fingerprint density at radius 2 is 1.84 bits per heavy atom. The van der Waals surface area contributed by atoms with Crippen molar-refractivity contribution >= 4 is 39.2 Å². The van der Waals surface area contributed by atoms with E-state index in [1.54, 1.807) is 0 Å². The number of para-hydroxylation sites is 2. The molecule has 3 heterocycles. The van der Waals surface area contributed by atoms with Gasteiger partial charge >= 0.3 is 5.69 Å². The summed E-state index contributed by atoms with van der Waals surface area (Å²) in [5, 5.41) is 3.61. The molecule has 4 rings (SSSR count). The summed E-state index contributed by atoms with van der Waals surface area (Å²) in [6.45, 7) is 8.66. The molecule has 31 heavy (non-hydrogen) atoms. The van der Waals surface area contributed by atoms with Crippen LogP contribution < -0.4 is 11.0 Å². The van der Waals surface area contributed by atoms with E-state index in [4.69, 9.17) is 0 Å². The highest BCUT2D eigenvalue weighted by atomic mass is 32.1. The number of nitrogens with one attached hydrogen (secondary N) is 2. The molecule has 2 aromatic heterocycles. The molecular formula is C23H28N4O3S. The van der Waals surface area contributed by atoms with Crippen LogP contribution in [-0.2, 0) is 4.79 Å². The molecule has 0 unspecified atom stereocenters. The molecule has 0 aliphatic carbocycles. The number of anilines is 1. The van der Waals surface area contributed by atoms with Gasteiger partial charge in [-0.15, -0.1) is 11.3 Å². The number of H-pyrrole nitrogens is 1.